The number of rotatable bonds is 3. The Balaban J connectivity index is 2.17. The molecule has 2 heterocycles. The highest BCUT2D eigenvalue weighted by molar-refractivity contribution is 5.02. The lowest BCUT2D eigenvalue weighted by Gasteiger charge is -2.41. The highest BCUT2D eigenvalue weighted by atomic mass is 16.5. The molecule has 0 spiro atoms. The van der Waals surface area contributed by atoms with E-state index in [1.165, 1.54) is 25.7 Å². The zero-order chi connectivity index (χ0) is 15.0. The minimum Gasteiger partial charge on any atom is -0.393 e. The molecule has 0 saturated carbocycles. The van der Waals surface area contributed by atoms with Gasteiger partial charge < -0.3 is 9.84 Å². The summed E-state index contributed by atoms with van der Waals surface area (Å²) in [5, 5.41) is 9.83. The molecule has 2 fully saturated rings. The summed E-state index contributed by atoms with van der Waals surface area (Å²) >= 11 is 0. The van der Waals surface area contributed by atoms with E-state index in [0.29, 0.717) is 12.1 Å². The van der Waals surface area contributed by atoms with Crippen LogP contribution >= 0.6 is 0 Å². The van der Waals surface area contributed by atoms with Crippen molar-refractivity contribution in [1.29, 1.82) is 0 Å². The normalized spacial score (nSPS) is 35.7. The molecule has 3 nitrogen and oxygen atoms in total. The van der Waals surface area contributed by atoms with Crippen molar-refractivity contribution >= 4 is 0 Å². The van der Waals surface area contributed by atoms with Crippen molar-refractivity contribution in [2.75, 3.05) is 6.54 Å². The average molecular weight is 283 g/mol. The zero-order valence-electron chi connectivity index (χ0n) is 14.0. The van der Waals surface area contributed by atoms with E-state index in [-0.39, 0.29) is 17.3 Å². The zero-order valence-corrected chi connectivity index (χ0v) is 14.0. The molecule has 2 rings (SSSR count). The molecule has 0 radical (unpaired) electrons. The predicted molar refractivity (Wildman–Crippen MR) is 82.9 cm³/mol. The maximum absolute atomic E-state index is 9.83. The van der Waals surface area contributed by atoms with Gasteiger partial charge in [-0.05, 0) is 66.8 Å². The second-order valence-corrected chi connectivity index (χ2v) is 8.01. The molecule has 3 unspecified atom stereocenters. The minimum atomic E-state index is -0.209. The number of aliphatic hydroxyl groups is 1. The number of hydrogen-bond acceptors (Lipinski definition) is 3. The minimum absolute atomic E-state index is 0.0319. The lowest BCUT2D eigenvalue weighted by atomic mass is 9.90. The molecule has 2 aliphatic heterocycles. The SMILES string of the molecule is CC(O)CC1CCCCCN1C1CC(C)(C)OC1(C)C. The molecule has 3 atom stereocenters. The summed E-state index contributed by atoms with van der Waals surface area (Å²) in [7, 11) is 0. The van der Waals surface area contributed by atoms with Gasteiger partial charge in [-0.3, -0.25) is 4.90 Å². The molecule has 2 saturated heterocycles. The van der Waals surface area contributed by atoms with E-state index in [1.54, 1.807) is 0 Å². The van der Waals surface area contributed by atoms with Gasteiger partial charge in [-0.1, -0.05) is 12.8 Å². The summed E-state index contributed by atoms with van der Waals surface area (Å²) in [6.07, 6.45) is 6.90. The molecule has 0 aromatic rings. The fraction of sp³-hybridized carbons (Fsp3) is 1.00. The third kappa shape index (κ3) is 3.75. The Labute approximate surface area is 124 Å². The van der Waals surface area contributed by atoms with Gasteiger partial charge in [0, 0.05) is 12.1 Å². The van der Waals surface area contributed by atoms with E-state index < -0.39 is 0 Å². The summed E-state index contributed by atoms with van der Waals surface area (Å²) in [6, 6.07) is 0.985. The smallest absolute Gasteiger partial charge is 0.0789 e. The highest BCUT2D eigenvalue weighted by Crippen LogP contribution is 2.42. The van der Waals surface area contributed by atoms with Gasteiger partial charge in [0.15, 0.2) is 0 Å². The van der Waals surface area contributed by atoms with E-state index in [0.717, 1.165) is 19.4 Å². The standard InChI is InChI=1S/C17H33NO2/c1-13(19)11-14-9-7-6-8-10-18(14)15-12-16(2,3)20-17(15,4)5/h13-15,19H,6-12H2,1-5H3. The Morgan fingerprint density at radius 3 is 2.45 bits per heavy atom. The summed E-state index contributed by atoms with van der Waals surface area (Å²) in [6.45, 7) is 12.0. The highest BCUT2D eigenvalue weighted by Gasteiger charge is 2.49. The monoisotopic (exact) mass is 283 g/mol. The molecule has 3 heteroatoms. The molecular weight excluding hydrogens is 250 g/mol. The van der Waals surface area contributed by atoms with Gasteiger partial charge in [-0.25, -0.2) is 0 Å². The second-order valence-electron chi connectivity index (χ2n) is 8.01. The van der Waals surface area contributed by atoms with E-state index >= 15 is 0 Å². The molecule has 0 bridgehead atoms. The van der Waals surface area contributed by atoms with Crippen LogP contribution in [0.5, 0.6) is 0 Å². The van der Waals surface area contributed by atoms with Gasteiger partial charge in [0.1, 0.15) is 0 Å². The van der Waals surface area contributed by atoms with Crippen molar-refractivity contribution in [3.63, 3.8) is 0 Å². The van der Waals surface area contributed by atoms with Crippen molar-refractivity contribution in [3.05, 3.63) is 0 Å². The molecule has 2 aliphatic rings. The molecule has 1 N–H and O–H groups in total. The first-order valence-electron chi connectivity index (χ1n) is 8.35. The topological polar surface area (TPSA) is 32.7 Å². The summed E-state index contributed by atoms with van der Waals surface area (Å²) in [5.41, 5.74) is -0.124. The van der Waals surface area contributed by atoms with Crippen LogP contribution in [-0.4, -0.2) is 45.9 Å². The molecular formula is C17H33NO2. The number of likely N-dealkylation sites (tertiary alicyclic amines) is 1. The van der Waals surface area contributed by atoms with Crippen molar-refractivity contribution in [3.8, 4) is 0 Å². The summed E-state index contributed by atoms with van der Waals surface area (Å²) in [4.78, 5) is 2.66. The third-order valence-corrected chi connectivity index (χ3v) is 4.96. The van der Waals surface area contributed by atoms with Gasteiger partial charge in [0.2, 0.25) is 0 Å². The van der Waals surface area contributed by atoms with Crippen molar-refractivity contribution in [1.82, 2.24) is 4.90 Å². The number of ether oxygens (including phenoxy) is 1. The van der Waals surface area contributed by atoms with Crippen LogP contribution in [0.4, 0.5) is 0 Å². The van der Waals surface area contributed by atoms with Crippen molar-refractivity contribution in [2.24, 2.45) is 0 Å². The Hall–Kier alpha value is -0.120. The van der Waals surface area contributed by atoms with Gasteiger partial charge >= 0.3 is 0 Å². The lowest BCUT2D eigenvalue weighted by Crippen LogP contribution is -2.51. The maximum atomic E-state index is 9.83. The van der Waals surface area contributed by atoms with E-state index in [4.69, 9.17) is 4.74 Å². The first kappa shape index (κ1) is 16.3. The first-order valence-corrected chi connectivity index (χ1v) is 8.35. The van der Waals surface area contributed by atoms with Crippen LogP contribution in [0.3, 0.4) is 0 Å². The quantitative estimate of drug-likeness (QED) is 0.862. The van der Waals surface area contributed by atoms with Gasteiger partial charge in [0.25, 0.3) is 0 Å². The molecule has 0 aliphatic carbocycles. The molecule has 20 heavy (non-hydrogen) atoms. The van der Waals surface area contributed by atoms with Gasteiger partial charge in [0.05, 0.1) is 17.3 Å². The van der Waals surface area contributed by atoms with Crippen LogP contribution in [0.15, 0.2) is 0 Å². The van der Waals surface area contributed by atoms with Crippen LogP contribution in [0, 0.1) is 0 Å². The van der Waals surface area contributed by atoms with E-state index in [2.05, 4.69) is 32.6 Å². The largest absolute Gasteiger partial charge is 0.393 e. The number of aliphatic hydroxyl groups excluding tert-OH is 1. The molecule has 118 valence electrons. The third-order valence-electron chi connectivity index (χ3n) is 4.96. The van der Waals surface area contributed by atoms with Crippen molar-refractivity contribution in [2.45, 2.75) is 103 Å². The molecule has 0 aromatic carbocycles. The van der Waals surface area contributed by atoms with Gasteiger partial charge in [-0.2, -0.15) is 0 Å². The lowest BCUT2D eigenvalue weighted by molar-refractivity contribution is -0.0854. The second kappa shape index (κ2) is 5.94. The van der Waals surface area contributed by atoms with Crippen LogP contribution in [-0.2, 0) is 4.74 Å². The Morgan fingerprint density at radius 2 is 1.90 bits per heavy atom. The van der Waals surface area contributed by atoms with Crippen LogP contribution < -0.4 is 0 Å². The Morgan fingerprint density at radius 1 is 1.20 bits per heavy atom. The fourth-order valence-corrected chi connectivity index (χ4v) is 4.31. The molecule has 0 aromatic heterocycles. The van der Waals surface area contributed by atoms with Gasteiger partial charge in [-0.15, -0.1) is 0 Å². The average Bonchev–Trinajstić information content (AvgIpc) is 2.45. The predicted octanol–water partition coefficient (Wildman–Crippen LogP) is 3.35. The number of nitrogens with zero attached hydrogens (tertiary/aromatic N) is 1. The Bertz CT molecular complexity index is 325. The van der Waals surface area contributed by atoms with Crippen molar-refractivity contribution < 1.29 is 9.84 Å². The fourth-order valence-electron chi connectivity index (χ4n) is 4.31. The van der Waals surface area contributed by atoms with E-state index in [9.17, 15) is 5.11 Å². The number of hydrogen-bond donors (Lipinski definition) is 1. The first-order chi connectivity index (χ1) is 9.21. The van der Waals surface area contributed by atoms with Crippen LogP contribution in [0.25, 0.3) is 0 Å². The van der Waals surface area contributed by atoms with Crippen LogP contribution in [0.2, 0.25) is 0 Å². The summed E-state index contributed by atoms with van der Waals surface area (Å²) in [5.74, 6) is 0. The summed E-state index contributed by atoms with van der Waals surface area (Å²) < 4.78 is 6.29. The molecule has 0 amide bonds. The maximum Gasteiger partial charge on any atom is 0.0789 e. The van der Waals surface area contributed by atoms with E-state index in [1.807, 2.05) is 6.92 Å². The van der Waals surface area contributed by atoms with Crippen LogP contribution in [0.1, 0.15) is 73.1 Å². The Kier molecular flexibility index (Phi) is 4.83.